The number of aromatic nitrogens is 1. The van der Waals surface area contributed by atoms with Gasteiger partial charge >= 0.3 is 0 Å². The molecule has 0 atom stereocenters. The molecule has 1 heterocycles. The van der Waals surface area contributed by atoms with Gasteiger partial charge in [0.2, 0.25) is 11.9 Å². The lowest BCUT2D eigenvalue weighted by Crippen LogP contribution is -1.91. The van der Waals surface area contributed by atoms with Crippen LogP contribution in [0.15, 0.2) is 60.7 Å². The predicted octanol–water partition coefficient (Wildman–Crippen LogP) is 5.38. The molecule has 0 bridgehead atoms. The molecule has 0 fully saturated rings. The fourth-order valence-electron chi connectivity index (χ4n) is 2.54. The van der Waals surface area contributed by atoms with Crippen molar-refractivity contribution in [2.75, 3.05) is 0 Å². The smallest absolute Gasteiger partial charge is 0.189 e. The second kappa shape index (κ2) is 7.72. The van der Waals surface area contributed by atoms with Crippen molar-refractivity contribution in [1.29, 1.82) is 0 Å². The van der Waals surface area contributed by atoms with E-state index in [2.05, 4.69) is 48.0 Å². The summed E-state index contributed by atoms with van der Waals surface area (Å²) in [4.78, 5) is 3.12. The molecule has 0 N–H and O–H groups in total. The maximum Gasteiger partial charge on any atom is 0.231 e. The third-order valence-electron chi connectivity index (χ3n) is 3.87. The Kier molecular flexibility index (Phi) is 5.20. The predicted molar refractivity (Wildman–Crippen MR) is 96.0 cm³/mol. The van der Waals surface area contributed by atoms with Crippen LogP contribution in [0.1, 0.15) is 30.0 Å². The van der Waals surface area contributed by atoms with E-state index in [9.17, 15) is 8.78 Å². The molecule has 3 aromatic rings. The Morgan fingerprint density at radius 3 is 2.04 bits per heavy atom. The minimum absolute atomic E-state index is 0.0805. The highest BCUT2D eigenvalue weighted by molar-refractivity contribution is 5.64. The van der Waals surface area contributed by atoms with E-state index in [1.54, 1.807) is 0 Å². The Hall–Kier alpha value is -2.99. The van der Waals surface area contributed by atoms with Crippen LogP contribution in [0, 0.1) is 23.7 Å². The molecular formula is C22H17F2N. The van der Waals surface area contributed by atoms with Crippen LogP contribution >= 0.6 is 0 Å². The van der Waals surface area contributed by atoms with Crippen molar-refractivity contribution in [2.24, 2.45) is 0 Å². The van der Waals surface area contributed by atoms with E-state index in [0.717, 1.165) is 35.6 Å². The number of pyridine rings is 1. The molecule has 0 aliphatic rings. The van der Waals surface area contributed by atoms with Crippen LogP contribution in [0.4, 0.5) is 8.78 Å². The molecule has 25 heavy (non-hydrogen) atoms. The number of nitrogens with zero attached hydrogens (tertiary/aromatic N) is 1. The molecule has 1 nitrogen and oxygen atoms in total. The largest absolute Gasteiger partial charge is 0.231 e. The standard InChI is InChI=1S/C22H17F2N/c1-2-3-16-4-9-18(10-5-16)19-11-6-17(7-12-19)8-13-20-14-15-21(23)25-22(20)24/h4-7,9-12,14-15H,2-3H2,1H3. The first-order valence-corrected chi connectivity index (χ1v) is 8.19. The number of benzene rings is 2. The number of hydrogen-bond acceptors (Lipinski definition) is 1. The lowest BCUT2D eigenvalue weighted by atomic mass is 10.0. The van der Waals surface area contributed by atoms with Crippen molar-refractivity contribution in [3.05, 3.63) is 89.2 Å². The van der Waals surface area contributed by atoms with Gasteiger partial charge in [0.25, 0.3) is 0 Å². The van der Waals surface area contributed by atoms with Gasteiger partial charge in [-0.1, -0.05) is 61.6 Å². The van der Waals surface area contributed by atoms with E-state index in [4.69, 9.17) is 0 Å². The van der Waals surface area contributed by atoms with Crippen molar-refractivity contribution >= 4 is 0 Å². The van der Waals surface area contributed by atoms with Gasteiger partial charge in [-0.15, -0.1) is 0 Å². The monoisotopic (exact) mass is 333 g/mol. The molecular weight excluding hydrogens is 316 g/mol. The topological polar surface area (TPSA) is 12.9 Å². The molecule has 124 valence electrons. The van der Waals surface area contributed by atoms with Crippen molar-refractivity contribution in [1.82, 2.24) is 4.98 Å². The van der Waals surface area contributed by atoms with Gasteiger partial charge in [0, 0.05) is 5.56 Å². The maximum atomic E-state index is 13.5. The maximum absolute atomic E-state index is 13.5. The van der Waals surface area contributed by atoms with Crippen LogP contribution in [0.2, 0.25) is 0 Å². The molecule has 0 unspecified atom stereocenters. The number of halogens is 2. The third kappa shape index (κ3) is 4.30. The van der Waals surface area contributed by atoms with Crippen LogP contribution in [0.3, 0.4) is 0 Å². The first-order valence-electron chi connectivity index (χ1n) is 8.19. The number of hydrogen-bond donors (Lipinski definition) is 0. The summed E-state index contributed by atoms with van der Waals surface area (Å²) in [7, 11) is 0. The molecule has 1 aromatic heterocycles. The van der Waals surface area contributed by atoms with Gasteiger partial charge < -0.3 is 0 Å². The molecule has 2 aromatic carbocycles. The first-order chi connectivity index (χ1) is 12.2. The average molecular weight is 333 g/mol. The van der Waals surface area contributed by atoms with Gasteiger partial charge in [-0.2, -0.15) is 13.8 Å². The first kappa shape index (κ1) is 16.9. The van der Waals surface area contributed by atoms with Gasteiger partial charge in [-0.05, 0) is 47.4 Å². The molecule has 0 aliphatic carbocycles. The second-order valence-electron chi connectivity index (χ2n) is 5.75. The van der Waals surface area contributed by atoms with E-state index in [-0.39, 0.29) is 5.56 Å². The second-order valence-corrected chi connectivity index (χ2v) is 5.75. The molecule has 3 rings (SSSR count). The van der Waals surface area contributed by atoms with Crippen molar-refractivity contribution in [2.45, 2.75) is 19.8 Å². The van der Waals surface area contributed by atoms with Gasteiger partial charge in [-0.3, -0.25) is 0 Å². The van der Waals surface area contributed by atoms with E-state index in [1.165, 1.54) is 11.6 Å². The van der Waals surface area contributed by atoms with E-state index < -0.39 is 11.9 Å². The molecule has 0 saturated carbocycles. The summed E-state index contributed by atoms with van der Waals surface area (Å²) in [6, 6.07) is 18.7. The van der Waals surface area contributed by atoms with E-state index in [1.807, 2.05) is 24.3 Å². The Morgan fingerprint density at radius 1 is 0.800 bits per heavy atom. The Balaban J connectivity index is 1.77. The minimum atomic E-state index is -0.892. The molecule has 0 aliphatic heterocycles. The highest BCUT2D eigenvalue weighted by Gasteiger charge is 2.02. The summed E-state index contributed by atoms with van der Waals surface area (Å²) in [5, 5.41) is 0. The van der Waals surface area contributed by atoms with Crippen LogP contribution in [0.25, 0.3) is 11.1 Å². The Bertz CT molecular complexity index is 917. The summed E-state index contributed by atoms with van der Waals surface area (Å²) in [5.41, 5.74) is 4.42. The van der Waals surface area contributed by atoms with Crippen molar-refractivity contribution in [3.8, 4) is 23.0 Å². The summed E-state index contributed by atoms with van der Waals surface area (Å²) >= 11 is 0. The zero-order valence-corrected chi connectivity index (χ0v) is 13.9. The minimum Gasteiger partial charge on any atom is -0.189 e. The summed E-state index contributed by atoms with van der Waals surface area (Å²) in [5.74, 6) is 3.81. The third-order valence-corrected chi connectivity index (χ3v) is 3.87. The van der Waals surface area contributed by atoms with Crippen molar-refractivity contribution in [3.63, 3.8) is 0 Å². The molecule has 0 spiro atoms. The van der Waals surface area contributed by atoms with Crippen LogP contribution in [-0.4, -0.2) is 4.98 Å². The lowest BCUT2D eigenvalue weighted by molar-refractivity contribution is 0.510. The van der Waals surface area contributed by atoms with Gasteiger partial charge in [0.05, 0.1) is 5.56 Å². The Labute approximate surface area is 146 Å². The average Bonchev–Trinajstić information content (AvgIpc) is 2.62. The normalized spacial score (nSPS) is 10.2. The fraction of sp³-hybridized carbons (Fsp3) is 0.136. The highest BCUT2D eigenvalue weighted by atomic mass is 19.1. The lowest BCUT2D eigenvalue weighted by Gasteiger charge is -2.04. The molecule has 0 amide bonds. The van der Waals surface area contributed by atoms with Gasteiger partial charge in [0.1, 0.15) is 0 Å². The molecule has 0 radical (unpaired) electrons. The van der Waals surface area contributed by atoms with Crippen molar-refractivity contribution < 1.29 is 8.78 Å². The van der Waals surface area contributed by atoms with Gasteiger partial charge in [0.15, 0.2) is 0 Å². The number of aryl methyl sites for hydroxylation is 1. The fourth-order valence-corrected chi connectivity index (χ4v) is 2.54. The summed E-state index contributed by atoms with van der Waals surface area (Å²) in [6.07, 6.45) is 2.22. The Morgan fingerprint density at radius 2 is 1.44 bits per heavy atom. The summed E-state index contributed by atoms with van der Waals surface area (Å²) < 4.78 is 26.3. The highest BCUT2D eigenvalue weighted by Crippen LogP contribution is 2.20. The van der Waals surface area contributed by atoms with E-state index >= 15 is 0 Å². The zero-order valence-electron chi connectivity index (χ0n) is 13.9. The SMILES string of the molecule is CCCc1ccc(-c2ccc(C#Cc3ccc(F)nc3F)cc2)cc1. The molecule has 3 heteroatoms. The quantitative estimate of drug-likeness (QED) is 0.463. The van der Waals surface area contributed by atoms with Gasteiger partial charge in [-0.25, -0.2) is 0 Å². The zero-order chi connectivity index (χ0) is 17.6. The van der Waals surface area contributed by atoms with Crippen LogP contribution in [0.5, 0.6) is 0 Å². The van der Waals surface area contributed by atoms with Crippen LogP contribution in [-0.2, 0) is 6.42 Å². The number of rotatable bonds is 3. The van der Waals surface area contributed by atoms with E-state index in [0.29, 0.717) is 0 Å². The summed E-state index contributed by atoms with van der Waals surface area (Å²) in [6.45, 7) is 2.17. The molecule has 0 saturated heterocycles. The van der Waals surface area contributed by atoms with Crippen LogP contribution < -0.4 is 0 Å².